The van der Waals surface area contributed by atoms with Gasteiger partial charge in [0, 0.05) is 30.4 Å². The first-order valence-corrected chi connectivity index (χ1v) is 9.52. The van der Waals surface area contributed by atoms with Gasteiger partial charge in [0.1, 0.15) is 17.0 Å². The number of fused-ring (bicyclic) bond motifs is 1. The quantitative estimate of drug-likeness (QED) is 0.699. The van der Waals surface area contributed by atoms with Crippen LogP contribution in [-0.4, -0.2) is 39.6 Å². The molecule has 1 saturated heterocycles. The van der Waals surface area contributed by atoms with E-state index < -0.39 is 0 Å². The molecule has 0 bridgehead atoms. The van der Waals surface area contributed by atoms with Crippen molar-refractivity contribution in [2.75, 3.05) is 24.6 Å². The first-order chi connectivity index (χ1) is 12.3. The molecule has 1 aliphatic rings. The molecule has 4 heterocycles. The van der Waals surface area contributed by atoms with Crippen molar-refractivity contribution < 1.29 is 4.74 Å². The minimum absolute atomic E-state index is 0.546. The van der Waals surface area contributed by atoms with Crippen LogP contribution in [0.4, 0.5) is 5.82 Å². The summed E-state index contributed by atoms with van der Waals surface area (Å²) in [6.45, 7) is 4.88. The van der Waals surface area contributed by atoms with Crippen LogP contribution in [0.25, 0.3) is 10.2 Å². The number of anilines is 1. The van der Waals surface area contributed by atoms with E-state index in [1.54, 1.807) is 36.3 Å². The molecule has 0 aromatic carbocycles. The molecule has 6 nitrogen and oxygen atoms in total. The Morgan fingerprint density at radius 1 is 1.20 bits per heavy atom. The lowest BCUT2D eigenvalue weighted by Gasteiger charge is -2.32. The molecule has 3 aromatic heterocycles. The Bertz CT molecular complexity index is 830. The van der Waals surface area contributed by atoms with Gasteiger partial charge in [-0.3, -0.25) is 4.98 Å². The largest absolute Gasteiger partial charge is 0.476 e. The molecule has 0 radical (unpaired) electrons. The van der Waals surface area contributed by atoms with Crippen molar-refractivity contribution in [1.82, 2.24) is 19.9 Å². The average molecular weight is 355 g/mol. The zero-order valence-electron chi connectivity index (χ0n) is 14.3. The zero-order valence-corrected chi connectivity index (χ0v) is 15.1. The monoisotopic (exact) mass is 355 g/mol. The summed E-state index contributed by atoms with van der Waals surface area (Å²) in [6.07, 6.45) is 9.90. The molecular weight excluding hydrogens is 334 g/mol. The standard InChI is InChI=1S/C18H21N5OS/c1-2-14-9-15-17(21-12-22-18(15)25-14)23-7-3-13(4-8-23)11-24-16-10-19-5-6-20-16/h5-6,9-10,12-13H,2-4,7-8,11H2,1H3. The van der Waals surface area contributed by atoms with Gasteiger partial charge in [-0.15, -0.1) is 11.3 Å². The third-order valence-electron chi connectivity index (χ3n) is 4.63. The average Bonchev–Trinajstić information content (AvgIpc) is 3.11. The predicted octanol–water partition coefficient (Wildman–Crippen LogP) is 3.34. The van der Waals surface area contributed by atoms with Gasteiger partial charge in [0.15, 0.2) is 0 Å². The lowest BCUT2D eigenvalue weighted by Crippen LogP contribution is -2.36. The van der Waals surface area contributed by atoms with E-state index in [-0.39, 0.29) is 0 Å². The van der Waals surface area contributed by atoms with Crippen LogP contribution in [0.15, 0.2) is 31.0 Å². The second-order valence-corrected chi connectivity index (χ2v) is 7.38. The summed E-state index contributed by atoms with van der Waals surface area (Å²) in [5.74, 6) is 2.23. The molecule has 7 heteroatoms. The molecule has 0 atom stereocenters. The van der Waals surface area contributed by atoms with Crippen molar-refractivity contribution in [1.29, 1.82) is 0 Å². The fourth-order valence-electron chi connectivity index (χ4n) is 3.19. The second-order valence-electron chi connectivity index (χ2n) is 6.27. The maximum Gasteiger partial charge on any atom is 0.232 e. The zero-order chi connectivity index (χ0) is 17.1. The van der Waals surface area contributed by atoms with Crippen LogP contribution in [0.5, 0.6) is 5.88 Å². The van der Waals surface area contributed by atoms with Crippen LogP contribution in [0.1, 0.15) is 24.6 Å². The smallest absolute Gasteiger partial charge is 0.232 e. The maximum atomic E-state index is 5.76. The summed E-state index contributed by atoms with van der Waals surface area (Å²) in [5, 5.41) is 1.19. The Hall–Kier alpha value is -2.28. The van der Waals surface area contributed by atoms with Crippen molar-refractivity contribution >= 4 is 27.4 Å². The minimum atomic E-state index is 0.546. The Morgan fingerprint density at radius 3 is 2.84 bits per heavy atom. The van der Waals surface area contributed by atoms with Crippen LogP contribution < -0.4 is 9.64 Å². The third-order valence-corrected chi connectivity index (χ3v) is 5.82. The molecule has 25 heavy (non-hydrogen) atoms. The molecule has 4 rings (SSSR count). The summed E-state index contributed by atoms with van der Waals surface area (Å²) >= 11 is 1.77. The summed E-state index contributed by atoms with van der Waals surface area (Å²) in [4.78, 5) is 22.0. The molecule has 0 saturated carbocycles. The fourth-order valence-corrected chi connectivity index (χ4v) is 4.12. The van der Waals surface area contributed by atoms with E-state index in [1.807, 2.05) is 0 Å². The van der Waals surface area contributed by atoms with Gasteiger partial charge in [0.25, 0.3) is 0 Å². The molecular formula is C18H21N5OS. The molecule has 130 valence electrons. The lowest BCUT2D eigenvalue weighted by molar-refractivity contribution is 0.215. The molecule has 0 N–H and O–H groups in total. The highest BCUT2D eigenvalue weighted by atomic mass is 32.1. The Kier molecular flexibility index (Phi) is 4.74. The van der Waals surface area contributed by atoms with Crippen LogP contribution in [0.2, 0.25) is 0 Å². The molecule has 1 aliphatic heterocycles. The first-order valence-electron chi connectivity index (χ1n) is 8.70. The van der Waals surface area contributed by atoms with Crippen molar-refractivity contribution in [2.24, 2.45) is 5.92 Å². The molecule has 0 unspecified atom stereocenters. The number of hydrogen-bond acceptors (Lipinski definition) is 7. The number of aryl methyl sites for hydroxylation is 1. The molecule has 3 aromatic rings. The topological polar surface area (TPSA) is 64.0 Å². The normalized spacial score (nSPS) is 15.6. The number of rotatable bonds is 5. The van der Waals surface area contributed by atoms with Crippen LogP contribution >= 0.6 is 11.3 Å². The summed E-state index contributed by atoms with van der Waals surface area (Å²) in [7, 11) is 0. The van der Waals surface area contributed by atoms with Gasteiger partial charge in [0.2, 0.25) is 5.88 Å². The molecule has 1 fully saturated rings. The van der Waals surface area contributed by atoms with E-state index in [0.29, 0.717) is 18.4 Å². The minimum Gasteiger partial charge on any atom is -0.476 e. The Morgan fingerprint density at radius 2 is 2.08 bits per heavy atom. The maximum absolute atomic E-state index is 5.76. The van der Waals surface area contributed by atoms with E-state index in [2.05, 4.69) is 37.8 Å². The number of aromatic nitrogens is 4. The first kappa shape index (κ1) is 16.2. The van der Waals surface area contributed by atoms with Crippen LogP contribution in [0, 0.1) is 5.92 Å². The highest BCUT2D eigenvalue weighted by Crippen LogP contribution is 2.32. The van der Waals surface area contributed by atoms with E-state index in [0.717, 1.165) is 43.0 Å². The molecule has 0 amide bonds. The summed E-state index contributed by atoms with van der Waals surface area (Å²) < 4.78 is 5.76. The lowest BCUT2D eigenvalue weighted by atomic mass is 9.97. The Balaban J connectivity index is 1.39. The van der Waals surface area contributed by atoms with Crippen LogP contribution in [0.3, 0.4) is 0 Å². The van der Waals surface area contributed by atoms with Gasteiger partial charge in [-0.25, -0.2) is 15.0 Å². The third kappa shape index (κ3) is 3.56. The summed E-state index contributed by atoms with van der Waals surface area (Å²) in [6, 6.07) is 2.25. The van der Waals surface area contributed by atoms with Gasteiger partial charge < -0.3 is 9.64 Å². The number of ether oxygens (including phenoxy) is 1. The van der Waals surface area contributed by atoms with E-state index in [4.69, 9.17) is 4.74 Å². The van der Waals surface area contributed by atoms with Gasteiger partial charge in [-0.2, -0.15) is 0 Å². The summed E-state index contributed by atoms with van der Waals surface area (Å²) in [5.41, 5.74) is 0. The number of nitrogens with zero attached hydrogens (tertiary/aromatic N) is 5. The van der Waals surface area contributed by atoms with Crippen molar-refractivity contribution in [2.45, 2.75) is 26.2 Å². The number of piperidine rings is 1. The number of thiophene rings is 1. The van der Waals surface area contributed by atoms with Gasteiger partial charge in [-0.05, 0) is 31.2 Å². The SMILES string of the molecule is CCc1cc2c(N3CCC(COc4cnccn4)CC3)ncnc2s1. The highest BCUT2D eigenvalue weighted by Gasteiger charge is 2.23. The van der Waals surface area contributed by atoms with Crippen LogP contribution in [-0.2, 0) is 6.42 Å². The van der Waals surface area contributed by atoms with Crippen molar-refractivity contribution in [3.05, 3.63) is 35.9 Å². The van der Waals surface area contributed by atoms with Gasteiger partial charge in [-0.1, -0.05) is 6.92 Å². The predicted molar refractivity (Wildman–Crippen MR) is 99.3 cm³/mol. The van der Waals surface area contributed by atoms with Gasteiger partial charge in [0.05, 0.1) is 18.2 Å². The van der Waals surface area contributed by atoms with E-state index in [1.165, 1.54) is 10.3 Å². The fraction of sp³-hybridized carbons (Fsp3) is 0.444. The second kappa shape index (κ2) is 7.31. The highest BCUT2D eigenvalue weighted by molar-refractivity contribution is 7.18. The van der Waals surface area contributed by atoms with Crippen molar-refractivity contribution in [3.8, 4) is 5.88 Å². The molecule has 0 spiro atoms. The number of hydrogen-bond donors (Lipinski definition) is 0. The Labute approximate surface area is 150 Å². The van der Waals surface area contributed by atoms with Gasteiger partial charge >= 0.3 is 0 Å². The van der Waals surface area contributed by atoms with E-state index in [9.17, 15) is 0 Å². The van der Waals surface area contributed by atoms with E-state index >= 15 is 0 Å². The molecule has 0 aliphatic carbocycles. The van der Waals surface area contributed by atoms with Crippen molar-refractivity contribution in [3.63, 3.8) is 0 Å².